The molecule has 0 unspecified atom stereocenters. The molecule has 0 spiro atoms. The second-order valence-electron chi connectivity index (χ2n) is 6.58. The summed E-state index contributed by atoms with van der Waals surface area (Å²) in [6.45, 7) is 4.24. The molecule has 8 heteroatoms. The van der Waals surface area contributed by atoms with Crippen molar-refractivity contribution in [2.45, 2.75) is 6.54 Å². The van der Waals surface area contributed by atoms with E-state index >= 15 is 0 Å². The second kappa shape index (κ2) is 8.26. The van der Waals surface area contributed by atoms with Crippen LogP contribution in [0.5, 0.6) is 0 Å². The molecule has 2 aliphatic rings. The van der Waals surface area contributed by atoms with Gasteiger partial charge in [0.05, 0.1) is 19.8 Å². The Morgan fingerprint density at radius 2 is 1.86 bits per heavy atom. The summed E-state index contributed by atoms with van der Waals surface area (Å²) in [5.41, 5.74) is 2.23. The van der Waals surface area contributed by atoms with Crippen molar-refractivity contribution in [2.75, 3.05) is 49.3 Å². The van der Waals surface area contributed by atoms with Gasteiger partial charge in [-0.2, -0.15) is 0 Å². The van der Waals surface area contributed by atoms with E-state index in [1.54, 1.807) is 35.4 Å². The maximum atomic E-state index is 12.5. The smallest absolute Gasteiger partial charge is 0.414 e. The fourth-order valence-corrected chi connectivity index (χ4v) is 3.33. The molecule has 4 rings (SSSR count). The number of pyridine rings is 1. The monoisotopic (exact) mass is 382 g/mol. The first kappa shape index (κ1) is 18.2. The van der Waals surface area contributed by atoms with Crippen LogP contribution in [0.1, 0.15) is 15.9 Å². The maximum Gasteiger partial charge on any atom is 0.414 e. The van der Waals surface area contributed by atoms with E-state index in [1.807, 2.05) is 12.1 Å². The third-order valence-corrected chi connectivity index (χ3v) is 4.82. The van der Waals surface area contributed by atoms with Crippen molar-refractivity contribution in [3.8, 4) is 0 Å². The molecule has 0 bridgehead atoms. The minimum absolute atomic E-state index is 0.174. The van der Waals surface area contributed by atoms with E-state index < -0.39 is 0 Å². The molecule has 0 radical (unpaired) electrons. The lowest BCUT2D eigenvalue weighted by atomic mass is 10.1. The zero-order valence-electron chi connectivity index (χ0n) is 15.5. The summed E-state index contributed by atoms with van der Waals surface area (Å²) in [6, 6.07) is 10.8. The van der Waals surface area contributed by atoms with Gasteiger partial charge in [-0.25, -0.2) is 9.78 Å². The van der Waals surface area contributed by atoms with Crippen LogP contribution in [0.2, 0.25) is 0 Å². The quantitative estimate of drug-likeness (QED) is 0.849. The molecule has 28 heavy (non-hydrogen) atoms. The summed E-state index contributed by atoms with van der Waals surface area (Å²) in [5, 5.41) is 2.95. The molecule has 0 aliphatic carbocycles. The van der Waals surface area contributed by atoms with Gasteiger partial charge >= 0.3 is 6.09 Å². The molecule has 1 aromatic carbocycles. The van der Waals surface area contributed by atoms with Gasteiger partial charge in [0.15, 0.2) is 0 Å². The van der Waals surface area contributed by atoms with E-state index in [-0.39, 0.29) is 12.0 Å². The van der Waals surface area contributed by atoms with Crippen molar-refractivity contribution in [1.82, 2.24) is 10.3 Å². The van der Waals surface area contributed by atoms with Gasteiger partial charge in [-0.3, -0.25) is 9.69 Å². The zero-order chi connectivity index (χ0) is 19.3. The van der Waals surface area contributed by atoms with Gasteiger partial charge in [-0.1, -0.05) is 6.07 Å². The third-order valence-electron chi connectivity index (χ3n) is 4.82. The highest BCUT2D eigenvalue weighted by molar-refractivity contribution is 5.95. The topological polar surface area (TPSA) is 84.0 Å². The summed E-state index contributed by atoms with van der Waals surface area (Å²) in [7, 11) is 0. The lowest BCUT2D eigenvalue weighted by Crippen LogP contribution is -2.37. The number of benzene rings is 1. The fraction of sp³-hybridized carbons (Fsp3) is 0.350. The van der Waals surface area contributed by atoms with Gasteiger partial charge in [0.25, 0.3) is 5.91 Å². The second-order valence-corrected chi connectivity index (χ2v) is 6.58. The zero-order valence-corrected chi connectivity index (χ0v) is 15.5. The average Bonchev–Trinajstić information content (AvgIpc) is 3.19. The first-order valence-electron chi connectivity index (χ1n) is 9.31. The number of anilines is 2. The van der Waals surface area contributed by atoms with Gasteiger partial charge < -0.3 is 19.7 Å². The highest BCUT2D eigenvalue weighted by atomic mass is 16.6. The molecule has 2 aliphatic heterocycles. The molecule has 1 aromatic heterocycles. The number of nitrogens with one attached hydrogen (secondary N) is 1. The van der Waals surface area contributed by atoms with Crippen LogP contribution in [0, 0.1) is 0 Å². The number of carbonyl (C=O) groups is 2. The Balaban J connectivity index is 1.40. The summed E-state index contributed by atoms with van der Waals surface area (Å²) in [6.07, 6.45) is 1.41. The van der Waals surface area contributed by atoms with E-state index in [0.717, 1.165) is 30.2 Å². The van der Waals surface area contributed by atoms with Crippen LogP contribution in [0.3, 0.4) is 0 Å². The Bertz CT molecular complexity index is 850. The predicted molar refractivity (Wildman–Crippen MR) is 104 cm³/mol. The highest BCUT2D eigenvalue weighted by Gasteiger charge is 2.23. The molecule has 2 aromatic rings. The van der Waals surface area contributed by atoms with Crippen molar-refractivity contribution in [3.63, 3.8) is 0 Å². The minimum Gasteiger partial charge on any atom is -0.447 e. The Morgan fingerprint density at radius 1 is 1.07 bits per heavy atom. The van der Waals surface area contributed by atoms with Gasteiger partial charge in [0.1, 0.15) is 12.4 Å². The van der Waals surface area contributed by atoms with E-state index in [1.165, 1.54) is 0 Å². The summed E-state index contributed by atoms with van der Waals surface area (Å²) < 4.78 is 10.3. The number of carbonyl (C=O) groups excluding carboxylic acids is 2. The van der Waals surface area contributed by atoms with Crippen LogP contribution in [0.25, 0.3) is 0 Å². The van der Waals surface area contributed by atoms with Crippen LogP contribution >= 0.6 is 0 Å². The number of hydrogen-bond acceptors (Lipinski definition) is 6. The molecule has 2 amide bonds. The van der Waals surface area contributed by atoms with E-state index in [4.69, 9.17) is 9.47 Å². The number of aromatic nitrogens is 1. The normalized spacial score (nSPS) is 16.8. The number of cyclic esters (lactones) is 1. The molecule has 2 saturated heterocycles. The number of rotatable bonds is 5. The van der Waals surface area contributed by atoms with E-state index in [9.17, 15) is 9.59 Å². The Morgan fingerprint density at radius 3 is 2.57 bits per heavy atom. The van der Waals surface area contributed by atoms with Gasteiger partial charge in [-0.05, 0) is 30.3 Å². The van der Waals surface area contributed by atoms with Crippen LogP contribution in [-0.4, -0.2) is 56.4 Å². The van der Waals surface area contributed by atoms with Crippen molar-refractivity contribution in [3.05, 3.63) is 53.7 Å². The van der Waals surface area contributed by atoms with Crippen LogP contribution in [0.4, 0.5) is 16.3 Å². The minimum atomic E-state index is -0.357. The molecule has 0 atom stereocenters. The van der Waals surface area contributed by atoms with Crippen molar-refractivity contribution < 1.29 is 19.1 Å². The highest BCUT2D eigenvalue weighted by Crippen LogP contribution is 2.20. The van der Waals surface area contributed by atoms with Gasteiger partial charge in [-0.15, -0.1) is 0 Å². The molecular formula is C20H22N4O4. The molecule has 2 fully saturated rings. The van der Waals surface area contributed by atoms with E-state index in [2.05, 4.69) is 15.2 Å². The van der Waals surface area contributed by atoms with Gasteiger partial charge in [0.2, 0.25) is 0 Å². The van der Waals surface area contributed by atoms with Crippen LogP contribution < -0.4 is 15.1 Å². The molecular weight excluding hydrogens is 360 g/mol. The number of nitrogens with zero attached hydrogens (tertiary/aromatic N) is 3. The van der Waals surface area contributed by atoms with Crippen LogP contribution in [0.15, 0.2) is 42.6 Å². The summed E-state index contributed by atoms with van der Waals surface area (Å²) in [5.74, 6) is 0.710. The van der Waals surface area contributed by atoms with Crippen LogP contribution in [-0.2, 0) is 16.0 Å². The molecule has 0 saturated carbocycles. The van der Waals surface area contributed by atoms with Crippen molar-refractivity contribution >= 4 is 23.5 Å². The molecule has 8 nitrogen and oxygen atoms in total. The lowest BCUT2D eigenvalue weighted by Gasteiger charge is -2.29. The number of hydrogen-bond donors (Lipinski definition) is 1. The van der Waals surface area contributed by atoms with Crippen molar-refractivity contribution in [2.24, 2.45) is 0 Å². The number of ether oxygens (including phenoxy) is 2. The largest absolute Gasteiger partial charge is 0.447 e. The Hall–Kier alpha value is -3.13. The SMILES string of the molecule is O=C(NCc1cccnc1N1CCOCC1)c1ccc(N2CCOC2=O)cc1. The Kier molecular flexibility index (Phi) is 5.38. The predicted octanol–water partition coefficient (Wildman–Crippen LogP) is 1.80. The number of amides is 2. The summed E-state index contributed by atoms with van der Waals surface area (Å²) in [4.78, 5) is 32.4. The lowest BCUT2D eigenvalue weighted by molar-refractivity contribution is 0.0950. The first-order valence-corrected chi connectivity index (χ1v) is 9.31. The molecule has 146 valence electrons. The fourth-order valence-electron chi connectivity index (χ4n) is 3.33. The third kappa shape index (κ3) is 3.91. The Labute approximate surface area is 163 Å². The average molecular weight is 382 g/mol. The maximum absolute atomic E-state index is 12.5. The molecule has 3 heterocycles. The summed E-state index contributed by atoms with van der Waals surface area (Å²) >= 11 is 0. The van der Waals surface area contributed by atoms with Crippen molar-refractivity contribution in [1.29, 1.82) is 0 Å². The molecule has 1 N–H and O–H groups in total. The number of morpholine rings is 1. The first-order chi connectivity index (χ1) is 13.7. The standard InChI is InChI=1S/C20H22N4O4/c25-19(15-3-5-17(6-4-15)24-10-13-28-20(24)26)22-14-16-2-1-7-21-18(16)23-8-11-27-12-9-23/h1-7H,8-14H2,(H,22,25). The van der Waals surface area contributed by atoms with Gasteiger partial charge in [0, 0.05) is 42.6 Å². The van der Waals surface area contributed by atoms with E-state index in [0.29, 0.717) is 38.5 Å².